The van der Waals surface area contributed by atoms with E-state index in [2.05, 4.69) is 0 Å². The number of ether oxygens (including phenoxy) is 1. The second-order valence-electron chi connectivity index (χ2n) is 3.31. The second-order valence-corrected chi connectivity index (χ2v) is 3.31. The van der Waals surface area contributed by atoms with Crippen molar-refractivity contribution in [2.24, 2.45) is 5.73 Å². The Hall–Kier alpha value is -0.280. The Labute approximate surface area is 80.3 Å². The Morgan fingerprint density at radius 3 is 2.14 bits per heavy atom. The van der Waals surface area contributed by atoms with Crippen molar-refractivity contribution >= 4 is 0 Å². The summed E-state index contributed by atoms with van der Waals surface area (Å²) in [6.45, 7) is -0.461. The molecule has 1 rings (SSSR count). The number of aliphatic hydroxyl groups excluding tert-OH is 5. The lowest BCUT2D eigenvalue weighted by Crippen LogP contribution is -2.62. The van der Waals surface area contributed by atoms with Crippen molar-refractivity contribution in [3.05, 3.63) is 0 Å². The molecule has 0 saturated carbocycles. The summed E-state index contributed by atoms with van der Waals surface area (Å²) in [6, 6.07) is -0.929. The van der Waals surface area contributed by atoms with Gasteiger partial charge in [0.1, 0.15) is 24.4 Å². The number of aliphatic hydroxyl groups is 5. The molecule has 0 aromatic rings. The van der Waals surface area contributed by atoms with Crippen LogP contribution in [0.4, 0.5) is 0 Å². The van der Waals surface area contributed by atoms with E-state index in [0.717, 1.165) is 0 Å². The normalized spacial score (nSPS) is 46.3. The highest BCUT2D eigenvalue weighted by Gasteiger charge is 2.44. The Bertz CT molecular complexity index is 191. The predicted octanol–water partition coefficient (Wildman–Crippen LogP) is -3.89. The fourth-order valence-electron chi connectivity index (χ4n) is 1.35. The highest BCUT2D eigenvalue weighted by molar-refractivity contribution is 4.92. The first-order chi connectivity index (χ1) is 6.49. The van der Waals surface area contributed by atoms with Crippen LogP contribution in [0.5, 0.6) is 0 Å². The molecule has 0 unspecified atom stereocenters. The molecular weight excluding hydrogens is 194 g/mol. The molecule has 0 aliphatic carbocycles. The van der Waals surface area contributed by atoms with Gasteiger partial charge in [-0.3, -0.25) is 0 Å². The highest BCUT2D eigenvalue weighted by Crippen LogP contribution is 2.21. The first-order valence-electron chi connectivity index (χ1n) is 4.23. The average molecular weight is 209 g/mol. The molecule has 14 heavy (non-hydrogen) atoms. The fourth-order valence-corrected chi connectivity index (χ4v) is 1.35. The SMILES string of the molecule is N[C@H](CO)[C@H]1O[C@H](O)[C@H](O)[C@@H](O)[C@H]1O. The van der Waals surface area contributed by atoms with Crippen molar-refractivity contribution < 1.29 is 30.3 Å². The molecule has 7 heteroatoms. The van der Waals surface area contributed by atoms with Gasteiger partial charge in [0.15, 0.2) is 6.29 Å². The molecule has 1 fully saturated rings. The van der Waals surface area contributed by atoms with Gasteiger partial charge in [-0.25, -0.2) is 0 Å². The van der Waals surface area contributed by atoms with Crippen LogP contribution in [0.3, 0.4) is 0 Å². The topological polar surface area (TPSA) is 136 Å². The molecule has 7 N–H and O–H groups in total. The van der Waals surface area contributed by atoms with E-state index in [1.807, 2.05) is 0 Å². The smallest absolute Gasteiger partial charge is 0.184 e. The van der Waals surface area contributed by atoms with E-state index in [-0.39, 0.29) is 0 Å². The lowest BCUT2D eigenvalue weighted by atomic mass is 9.95. The van der Waals surface area contributed by atoms with Gasteiger partial charge in [-0.1, -0.05) is 0 Å². The van der Waals surface area contributed by atoms with Crippen LogP contribution >= 0.6 is 0 Å². The molecule has 7 nitrogen and oxygen atoms in total. The summed E-state index contributed by atoms with van der Waals surface area (Å²) in [6.07, 6.45) is -7.27. The van der Waals surface area contributed by atoms with E-state index in [9.17, 15) is 10.2 Å². The molecule has 0 aromatic heterocycles. The van der Waals surface area contributed by atoms with Gasteiger partial charge in [0, 0.05) is 0 Å². The van der Waals surface area contributed by atoms with E-state index >= 15 is 0 Å². The van der Waals surface area contributed by atoms with Crippen LogP contribution < -0.4 is 5.73 Å². The second kappa shape index (κ2) is 4.49. The third-order valence-electron chi connectivity index (χ3n) is 2.26. The standard InChI is InChI=1S/C7H15NO6/c8-2(1-9)6-4(11)3(10)5(12)7(13)14-6/h2-7,9-13H,1,8H2/t2-,3+,4-,5-,6-,7+/m1/s1. The molecule has 1 saturated heterocycles. The minimum atomic E-state index is -1.61. The van der Waals surface area contributed by atoms with Crippen LogP contribution in [-0.4, -0.2) is 68.9 Å². The maximum atomic E-state index is 9.39. The van der Waals surface area contributed by atoms with E-state index in [4.69, 9.17) is 25.8 Å². The monoisotopic (exact) mass is 209 g/mol. The van der Waals surface area contributed by atoms with Crippen molar-refractivity contribution in [2.75, 3.05) is 6.61 Å². The molecule has 6 atom stereocenters. The molecule has 0 spiro atoms. The fraction of sp³-hybridized carbons (Fsp3) is 1.00. The van der Waals surface area contributed by atoms with Gasteiger partial charge < -0.3 is 36.0 Å². The zero-order valence-corrected chi connectivity index (χ0v) is 7.39. The summed E-state index contributed by atoms with van der Waals surface area (Å²) < 4.78 is 4.74. The summed E-state index contributed by atoms with van der Waals surface area (Å²) >= 11 is 0. The van der Waals surface area contributed by atoms with Crippen LogP contribution in [-0.2, 0) is 4.74 Å². The van der Waals surface area contributed by atoms with Crippen LogP contribution in [0.25, 0.3) is 0 Å². The summed E-state index contributed by atoms with van der Waals surface area (Å²) in [5, 5.41) is 45.5. The number of rotatable bonds is 2. The first-order valence-corrected chi connectivity index (χ1v) is 4.23. The zero-order valence-electron chi connectivity index (χ0n) is 7.39. The van der Waals surface area contributed by atoms with Crippen LogP contribution in [0.1, 0.15) is 0 Å². The molecule has 1 heterocycles. The summed E-state index contributed by atoms with van der Waals surface area (Å²) in [5.41, 5.74) is 5.37. The van der Waals surface area contributed by atoms with Crippen LogP contribution in [0.15, 0.2) is 0 Å². The number of hydrogen-bond acceptors (Lipinski definition) is 7. The zero-order chi connectivity index (χ0) is 10.9. The molecule has 1 aliphatic heterocycles. The minimum absolute atomic E-state index is 0.461. The lowest BCUT2D eigenvalue weighted by molar-refractivity contribution is -0.286. The van der Waals surface area contributed by atoms with Crippen molar-refractivity contribution in [1.82, 2.24) is 0 Å². The maximum Gasteiger partial charge on any atom is 0.184 e. The van der Waals surface area contributed by atoms with Gasteiger partial charge in [0.25, 0.3) is 0 Å². The van der Waals surface area contributed by atoms with E-state index in [0.29, 0.717) is 0 Å². The Balaban J connectivity index is 2.70. The van der Waals surface area contributed by atoms with Gasteiger partial charge in [-0.05, 0) is 0 Å². The Morgan fingerprint density at radius 1 is 1.07 bits per heavy atom. The molecule has 1 aliphatic rings. The average Bonchev–Trinajstić information content (AvgIpc) is 2.19. The highest BCUT2D eigenvalue weighted by atomic mass is 16.6. The van der Waals surface area contributed by atoms with Crippen LogP contribution in [0.2, 0.25) is 0 Å². The van der Waals surface area contributed by atoms with Crippen molar-refractivity contribution in [3.8, 4) is 0 Å². The van der Waals surface area contributed by atoms with Gasteiger partial charge in [0.2, 0.25) is 0 Å². The molecular formula is C7H15NO6. The summed E-state index contributed by atoms with van der Waals surface area (Å²) in [4.78, 5) is 0. The van der Waals surface area contributed by atoms with Gasteiger partial charge in [0.05, 0.1) is 12.6 Å². The lowest BCUT2D eigenvalue weighted by Gasteiger charge is -2.40. The van der Waals surface area contributed by atoms with Crippen molar-refractivity contribution in [2.45, 2.75) is 36.7 Å². The van der Waals surface area contributed by atoms with E-state index in [1.54, 1.807) is 0 Å². The number of nitrogens with two attached hydrogens (primary N) is 1. The molecule has 84 valence electrons. The quantitative estimate of drug-likeness (QED) is 0.273. The van der Waals surface area contributed by atoms with Gasteiger partial charge >= 0.3 is 0 Å². The van der Waals surface area contributed by atoms with Crippen LogP contribution in [0, 0.1) is 0 Å². The third-order valence-corrected chi connectivity index (χ3v) is 2.26. The minimum Gasteiger partial charge on any atom is -0.395 e. The molecule has 0 bridgehead atoms. The van der Waals surface area contributed by atoms with E-state index < -0.39 is 43.4 Å². The number of hydrogen-bond donors (Lipinski definition) is 6. The van der Waals surface area contributed by atoms with Crippen molar-refractivity contribution in [3.63, 3.8) is 0 Å². The first kappa shape index (κ1) is 11.8. The predicted molar refractivity (Wildman–Crippen MR) is 44.0 cm³/mol. The summed E-state index contributed by atoms with van der Waals surface area (Å²) in [7, 11) is 0. The molecule has 0 radical (unpaired) electrons. The van der Waals surface area contributed by atoms with E-state index in [1.165, 1.54) is 0 Å². The van der Waals surface area contributed by atoms with Crippen molar-refractivity contribution in [1.29, 1.82) is 0 Å². The van der Waals surface area contributed by atoms with Gasteiger partial charge in [-0.2, -0.15) is 0 Å². The third kappa shape index (κ3) is 2.04. The molecule has 0 amide bonds. The Morgan fingerprint density at radius 2 is 1.64 bits per heavy atom. The summed E-state index contributed by atoms with van der Waals surface area (Å²) in [5.74, 6) is 0. The van der Waals surface area contributed by atoms with Gasteiger partial charge in [-0.15, -0.1) is 0 Å². The molecule has 0 aromatic carbocycles. The Kier molecular flexibility index (Phi) is 3.78. The largest absolute Gasteiger partial charge is 0.395 e. The maximum absolute atomic E-state index is 9.39.